The lowest BCUT2D eigenvalue weighted by molar-refractivity contribution is 0.462. The molecule has 5 heteroatoms. The van der Waals surface area contributed by atoms with Crippen molar-refractivity contribution in [1.82, 2.24) is 4.98 Å². The average molecular weight is 269 g/mol. The molecule has 0 aliphatic carbocycles. The molecule has 0 aliphatic rings. The third-order valence-corrected chi connectivity index (χ3v) is 2.89. The summed E-state index contributed by atoms with van der Waals surface area (Å²) in [7, 11) is 0. The van der Waals surface area contributed by atoms with Crippen molar-refractivity contribution in [3.05, 3.63) is 52.1 Å². The van der Waals surface area contributed by atoms with Gasteiger partial charge in [0, 0.05) is 24.9 Å². The third kappa shape index (κ3) is 3.09. The van der Waals surface area contributed by atoms with Gasteiger partial charge >= 0.3 is 0 Å². The molecule has 2 aromatic rings. The highest BCUT2D eigenvalue weighted by atomic mass is 35.5. The zero-order chi connectivity index (χ0) is 12.3. The molecule has 17 heavy (non-hydrogen) atoms. The predicted molar refractivity (Wildman–Crippen MR) is 68.7 cm³/mol. The van der Waals surface area contributed by atoms with Crippen LogP contribution in [-0.2, 0) is 6.54 Å². The minimum Gasteiger partial charge on any atom is -0.439 e. The summed E-state index contributed by atoms with van der Waals surface area (Å²) in [6.07, 6.45) is 1.65. The van der Waals surface area contributed by atoms with E-state index in [9.17, 15) is 0 Å². The van der Waals surface area contributed by atoms with Crippen LogP contribution in [0.1, 0.15) is 5.56 Å². The molecule has 0 amide bonds. The van der Waals surface area contributed by atoms with Gasteiger partial charge in [-0.3, -0.25) is 0 Å². The molecular formula is C12H10Cl2N2O. The van der Waals surface area contributed by atoms with Crippen LogP contribution in [0.3, 0.4) is 0 Å². The molecule has 2 rings (SSSR count). The molecule has 1 aromatic carbocycles. The number of pyridine rings is 1. The van der Waals surface area contributed by atoms with E-state index in [0.29, 0.717) is 28.2 Å². The van der Waals surface area contributed by atoms with Crippen molar-refractivity contribution in [3.63, 3.8) is 0 Å². The van der Waals surface area contributed by atoms with Gasteiger partial charge in [0.2, 0.25) is 5.88 Å². The quantitative estimate of drug-likeness (QED) is 0.925. The number of aromatic nitrogens is 1. The molecule has 0 aliphatic heterocycles. The first-order chi connectivity index (χ1) is 8.19. The normalized spacial score (nSPS) is 10.3. The highest BCUT2D eigenvalue weighted by molar-refractivity contribution is 6.42. The second-order valence-corrected chi connectivity index (χ2v) is 4.20. The zero-order valence-electron chi connectivity index (χ0n) is 8.86. The Balaban J connectivity index is 2.22. The molecular weight excluding hydrogens is 259 g/mol. The van der Waals surface area contributed by atoms with Crippen LogP contribution in [0.2, 0.25) is 10.0 Å². The SMILES string of the molecule is NCc1ccnc(Oc2ccc(Cl)c(Cl)c2)c1. The minimum atomic E-state index is 0.444. The number of hydrogen-bond donors (Lipinski definition) is 1. The number of nitrogens with zero attached hydrogens (tertiary/aromatic N) is 1. The van der Waals surface area contributed by atoms with E-state index in [-0.39, 0.29) is 0 Å². The van der Waals surface area contributed by atoms with Gasteiger partial charge in [0.05, 0.1) is 10.0 Å². The van der Waals surface area contributed by atoms with Crippen molar-refractivity contribution in [3.8, 4) is 11.6 Å². The molecule has 0 spiro atoms. The fourth-order valence-electron chi connectivity index (χ4n) is 1.29. The second-order valence-electron chi connectivity index (χ2n) is 3.38. The number of rotatable bonds is 3. The van der Waals surface area contributed by atoms with Crippen LogP contribution in [0.15, 0.2) is 36.5 Å². The summed E-state index contributed by atoms with van der Waals surface area (Å²) in [5, 5.41) is 0.932. The van der Waals surface area contributed by atoms with Crippen LogP contribution in [0.5, 0.6) is 11.6 Å². The van der Waals surface area contributed by atoms with Gasteiger partial charge in [-0.2, -0.15) is 0 Å². The number of hydrogen-bond acceptors (Lipinski definition) is 3. The Labute approximate surface area is 109 Å². The van der Waals surface area contributed by atoms with Crippen LogP contribution in [0.25, 0.3) is 0 Å². The monoisotopic (exact) mass is 268 g/mol. The zero-order valence-corrected chi connectivity index (χ0v) is 10.4. The Hall–Kier alpha value is -1.29. The van der Waals surface area contributed by atoms with E-state index >= 15 is 0 Å². The molecule has 0 unspecified atom stereocenters. The van der Waals surface area contributed by atoms with Gasteiger partial charge in [-0.25, -0.2) is 4.98 Å². The van der Waals surface area contributed by atoms with Crippen molar-refractivity contribution < 1.29 is 4.74 Å². The van der Waals surface area contributed by atoms with Gasteiger partial charge in [0.25, 0.3) is 0 Å². The van der Waals surface area contributed by atoms with Gasteiger partial charge in [-0.15, -0.1) is 0 Å². The van der Waals surface area contributed by atoms with Crippen molar-refractivity contribution in [2.24, 2.45) is 5.73 Å². The standard InChI is InChI=1S/C12H10Cl2N2O/c13-10-2-1-9(6-11(10)14)17-12-5-8(7-15)3-4-16-12/h1-6H,7,15H2. The number of halogens is 2. The van der Waals surface area contributed by atoms with Gasteiger partial charge < -0.3 is 10.5 Å². The summed E-state index contributed by atoms with van der Waals surface area (Å²) in [4.78, 5) is 4.08. The molecule has 0 atom stereocenters. The summed E-state index contributed by atoms with van der Waals surface area (Å²) in [5.74, 6) is 1.06. The maximum Gasteiger partial charge on any atom is 0.219 e. The smallest absolute Gasteiger partial charge is 0.219 e. The van der Waals surface area contributed by atoms with Crippen LogP contribution in [0.4, 0.5) is 0 Å². The Bertz CT molecular complexity index is 532. The summed E-state index contributed by atoms with van der Waals surface area (Å²) >= 11 is 11.7. The average Bonchev–Trinajstić information content (AvgIpc) is 2.34. The molecule has 0 bridgehead atoms. The Kier molecular flexibility index (Phi) is 3.84. The first-order valence-electron chi connectivity index (χ1n) is 4.97. The third-order valence-electron chi connectivity index (χ3n) is 2.15. The van der Waals surface area contributed by atoms with Crippen molar-refractivity contribution in [2.75, 3.05) is 0 Å². The highest BCUT2D eigenvalue weighted by Crippen LogP contribution is 2.28. The van der Waals surface area contributed by atoms with Crippen molar-refractivity contribution in [1.29, 1.82) is 0 Å². The van der Waals surface area contributed by atoms with E-state index < -0.39 is 0 Å². The van der Waals surface area contributed by atoms with E-state index in [4.69, 9.17) is 33.7 Å². The van der Waals surface area contributed by atoms with Gasteiger partial charge in [0.1, 0.15) is 5.75 Å². The van der Waals surface area contributed by atoms with Gasteiger partial charge in [-0.05, 0) is 23.8 Å². The van der Waals surface area contributed by atoms with Crippen LogP contribution in [-0.4, -0.2) is 4.98 Å². The molecule has 1 aromatic heterocycles. The predicted octanol–water partition coefficient (Wildman–Crippen LogP) is 3.64. The molecule has 0 fully saturated rings. The van der Waals surface area contributed by atoms with Crippen molar-refractivity contribution >= 4 is 23.2 Å². The Morgan fingerprint density at radius 3 is 2.65 bits per heavy atom. The highest BCUT2D eigenvalue weighted by Gasteiger charge is 2.03. The van der Waals surface area contributed by atoms with E-state index in [0.717, 1.165) is 5.56 Å². The lowest BCUT2D eigenvalue weighted by atomic mass is 10.3. The maximum absolute atomic E-state index is 5.89. The first-order valence-corrected chi connectivity index (χ1v) is 5.72. The topological polar surface area (TPSA) is 48.1 Å². The van der Waals surface area contributed by atoms with Gasteiger partial charge in [0.15, 0.2) is 0 Å². The van der Waals surface area contributed by atoms with Gasteiger partial charge in [-0.1, -0.05) is 23.2 Å². The van der Waals surface area contributed by atoms with E-state index in [1.165, 1.54) is 0 Å². The second kappa shape index (κ2) is 5.36. The van der Waals surface area contributed by atoms with E-state index in [1.54, 1.807) is 30.5 Å². The minimum absolute atomic E-state index is 0.444. The van der Waals surface area contributed by atoms with Crippen LogP contribution >= 0.6 is 23.2 Å². The number of ether oxygens (including phenoxy) is 1. The summed E-state index contributed by atoms with van der Waals surface area (Å²) in [6, 6.07) is 8.65. The number of nitrogens with two attached hydrogens (primary N) is 1. The fourth-order valence-corrected chi connectivity index (χ4v) is 1.58. The summed E-state index contributed by atoms with van der Waals surface area (Å²) < 4.78 is 5.55. The molecule has 0 saturated heterocycles. The summed E-state index contributed by atoms with van der Waals surface area (Å²) in [5.41, 5.74) is 6.49. The number of benzene rings is 1. The largest absolute Gasteiger partial charge is 0.439 e. The summed E-state index contributed by atoms with van der Waals surface area (Å²) in [6.45, 7) is 0.445. The Morgan fingerprint density at radius 1 is 1.12 bits per heavy atom. The lowest BCUT2D eigenvalue weighted by Gasteiger charge is -2.06. The van der Waals surface area contributed by atoms with Crippen molar-refractivity contribution in [2.45, 2.75) is 6.54 Å². The molecule has 0 saturated carbocycles. The maximum atomic E-state index is 5.89. The van der Waals surface area contributed by atoms with Crippen LogP contribution < -0.4 is 10.5 Å². The molecule has 3 nitrogen and oxygen atoms in total. The van der Waals surface area contributed by atoms with E-state index in [2.05, 4.69) is 4.98 Å². The van der Waals surface area contributed by atoms with E-state index in [1.807, 2.05) is 6.07 Å². The Morgan fingerprint density at radius 2 is 1.94 bits per heavy atom. The lowest BCUT2D eigenvalue weighted by Crippen LogP contribution is -1.97. The fraction of sp³-hybridized carbons (Fsp3) is 0.0833. The molecule has 88 valence electrons. The molecule has 0 radical (unpaired) electrons. The van der Waals surface area contributed by atoms with Crippen LogP contribution in [0, 0.1) is 0 Å². The molecule has 2 N–H and O–H groups in total. The molecule has 1 heterocycles. The first kappa shape index (κ1) is 12.2.